The van der Waals surface area contributed by atoms with Gasteiger partial charge in [-0.15, -0.1) is 0 Å². The summed E-state index contributed by atoms with van der Waals surface area (Å²) in [4.78, 5) is 4.72. The fraction of sp³-hybridized carbons (Fsp3) is 0.455. The average Bonchev–Trinajstić information content (AvgIpc) is 3.17. The van der Waals surface area contributed by atoms with Crippen molar-refractivity contribution in [2.45, 2.75) is 19.3 Å². The van der Waals surface area contributed by atoms with E-state index in [0.717, 1.165) is 54.8 Å². The molecule has 0 aliphatic carbocycles. The third kappa shape index (κ3) is 5.84. The first kappa shape index (κ1) is 20.4. The van der Waals surface area contributed by atoms with Crippen LogP contribution < -0.4 is 9.47 Å². The summed E-state index contributed by atoms with van der Waals surface area (Å²) in [5.41, 5.74) is 2.25. The van der Waals surface area contributed by atoms with Gasteiger partial charge in [0.05, 0.1) is 19.3 Å². The predicted octanol–water partition coefficient (Wildman–Crippen LogP) is 2.76. The molecule has 0 aromatic heterocycles. The highest BCUT2D eigenvalue weighted by atomic mass is 35.5. The van der Waals surface area contributed by atoms with Gasteiger partial charge in [0, 0.05) is 44.3 Å². The molecule has 29 heavy (non-hydrogen) atoms. The van der Waals surface area contributed by atoms with Gasteiger partial charge in [-0.3, -0.25) is 9.80 Å². The Morgan fingerprint density at radius 3 is 2.59 bits per heavy atom. The van der Waals surface area contributed by atoms with Gasteiger partial charge in [0.25, 0.3) is 0 Å². The van der Waals surface area contributed by atoms with Gasteiger partial charge in [-0.1, -0.05) is 29.8 Å². The number of halogens is 1. The number of piperazine rings is 1. The maximum absolute atomic E-state index is 10.3. The minimum atomic E-state index is -0.497. The van der Waals surface area contributed by atoms with E-state index in [4.69, 9.17) is 25.8 Å². The quantitative estimate of drug-likeness (QED) is 0.711. The Morgan fingerprint density at radius 2 is 1.76 bits per heavy atom. The van der Waals surface area contributed by atoms with Crippen molar-refractivity contribution in [3.8, 4) is 11.5 Å². The van der Waals surface area contributed by atoms with Crippen molar-refractivity contribution in [3.63, 3.8) is 0 Å². The van der Waals surface area contributed by atoms with Crippen LogP contribution in [0.4, 0.5) is 0 Å². The summed E-state index contributed by atoms with van der Waals surface area (Å²) in [7, 11) is 0. The van der Waals surface area contributed by atoms with Crippen LogP contribution in [0.15, 0.2) is 42.5 Å². The fourth-order valence-electron chi connectivity index (χ4n) is 3.72. The Balaban J connectivity index is 1.14. The molecule has 0 spiro atoms. The summed E-state index contributed by atoms with van der Waals surface area (Å²) in [6.07, 6.45) is -0.497. The van der Waals surface area contributed by atoms with Crippen LogP contribution in [0, 0.1) is 0 Å². The van der Waals surface area contributed by atoms with E-state index in [9.17, 15) is 5.11 Å². The topological polar surface area (TPSA) is 54.4 Å². The second kappa shape index (κ2) is 9.78. The minimum Gasteiger partial charge on any atom is -0.454 e. The van der Waals surface area contributed by atoms with Gasteiger partial charge in [-0.05, 0) is 35.4 Å². The lowest BCUT2D eigenvalue weighted by Gasteiger charge is -2.35. The molecule has 6 nitrogen and oxygen atoms in total. The molecule has 1 atom stereocenters. The molecule has 0 saturated carbocycles. The molecule has 1 unspecified atom stereocenters. The normalized spacial score (nSPS) is 18.1. The molecule has 1 fully saturated rings. The zero-order valence-electron chi connectivity index (χ0n) is 16.4. The molecule has 0 radical (unpaired) electrons. The van der Waals surface area contributed by atoms with E-state index < -0.39 is 6.10 Å². The van der Waals surface area contributed by atoms with E-state index in [1.807, 2.05) is 36.4 Å². The molecule has 2 aromatic carbocycles. The number of ether oxygens (including phenoxy) is 3. The van der Waals surface area contributed by atoms with E-state index in [1.54, 1.807) is 0 Å². The van der Waals surface area contributed by atoms with Gasteiger partial charge in [-0.25, -0.2) is 0 Å². The molecule has 1 N–H and O–H groups in total. The molecule has 0 amide bonds. The summed E-state index contributed by atoms with van der Waals surface area (Å²) in [6.45, 7) is 6.43. The Morgan fingerprint density at radius 1 is 0.966 bits per heavy atom. The Kier molecular flexibility index (Phi) is 6.90. The Labute approximate surface area is 176 Å². The van der Waals surface area contributed by atoms with Crippen molar-refractivity contribution in [2.24, 2.45) is 0 Å². The lowest BCUT2D eigenvalue weighted by atomic mass is 10.2. The number of aliphatic hydroxyl groups is 1. The maximum atomic E-state index is 10.3. The third-order valence-electron chi connectivity index (χ3n) is 5.25. The average molecular weight is 419 g/mol. The highest BCUT2D eigenvalue weighted by molar-refractivity contribution is 6.30. The van der Waals surface area contributed by atoms with Gasteiger partial charge >= 0.3 is 0 Å². The number of hydrogen-bond donors (Lipinski definition) is 1. The van der Waals surface area contributed by atoms with Gasteiger partial charge in [0.2, 0.25) is 6.79 Å². The third-order valence-corrected chi connectivity index (χ3v) is 5.48. The summed E-state index contributed by atoms with van der Waals surface area (Å²) in [5.74, 6) is 1.52. The number of benzene rings is 2. The minimum absolute atomic E-state index is 0.269. The second-order valence-corrected chi connectivity index (χ2v) is 8.00. The SMILES string of the molecule is OC(COCc1ccc2c(c1)OCO2)CN1CCN(Cc2cccc(Cl)c2)CC1. The van der Waals surface area contributed by atoms with Crippen LogP contribution in [-0.2, 0) is 17.9 Å². The number of nitrogens with zero attached hydrogens (tertiary/aromatic N) is 2. The van der Waals surface area contributed by atoms with Crippen molar-refractivity contribution in [1.29, 1.82) is 0 Å². The van der Waals surface area contributed by atoms with Crippen LogP contribution >= 0.6 is 11.6 Å². The maximum Gasteiger partial charge on any atom is 0.231 e. The van der Waals surface area contributed by atoms with Crippen molar-refractivity contribution >= 4 is 11.6 Å². The van der Waals surface area contributed by atoms with Crippen LogP contribution in [0.3, 0.4) is 0 Å². The molecule has 1 saturated heterocycles. The lowest BCUT2D eigenvalue weighted by molar-refractivity contribution is 0.000854. The summed E-state index contributed by atoms with van der Waals surface area (Å²) in [5, 5.41) is 11.1. The molecular formula is C22H27ClN2O4. The second-order valence-electron chi connectivity index (χ2n) is 7.56. The largest absolute Gasteiger partial charge is 0.454 e. The highest BCUT2D eigenvalue weighted by Crippen LogP contribution is 2.32. The van der Waals surface area contributed by atoms with Gasteiger partial charge in [0.1, 0.15) is 0 Å². The van der Waals surface area contributed by atoms with Crippen LogP contribution in [-0.4, -0.2) is 67.1 Å². The molecule has 2 aromatic rings. The number of hydrogen-bond acceptors (Lipinski definition) is 6. The smallest absolute Gasteiger partial charge is 0.231 e. The van der Waals surface area contributed by atoms with Crippen molar-refractivity contribution in [1.82, 2.24) is 9.80 Å². The van der Waals surface area contributed by atoms with Gasteiger partial charge in [-0.2, -0.15) is 0 Å². The monoisotopic (exact) mass is 418 g/mol. The number of fused-ring (bicyclic) bond motifs is 1. The zero-order chi connectivity index (χ0) is 20.1. The molecule has 0 bridgehead atoms. The van der Waals surface area contributed by atoms with E-state index in [2.05, 4.69) is 15.9 Å². The predicted molar refractivity (Wildman–Crippen MR) is 111 cm³/mol. The molecule has 4 rings (SSSR count). The Hall–Kier alpha value is -1.83. The van der Waals surface area contributed by atoms with Crippen molar-refractivity contribution < 1.29 is 19.3 Å². The highest BCUT2D eigenvalue weighted by Gasteiger charge is 2.20. The summed E-state index contributed by atoms with van der Waals surface area (Å²) in [6, 6.07) is 13.8. The Bertz CT molecular complexity index is 811. The van der Waals surface area contributed by atoms with Gasteiger partial charge < -0.3 is 19.3 Å². The van der Waals surface area contributed by atoms with Crippen LogP contribution in [0.25, 0.3) is 0 Å². The first-order chi connectivity index (χ1) is 14.2. The van der Waals surface area contributed by atoms with Gasteiger partial charge in [0.15, 0.2) is 11.5 Å². The lowest BCUT2D eigenvalue weighted by Crippen LogP contribution is -2.48. The van der Waals surface area contributed by atoms with Crippen LogP contribution in [0.5, 0.6) is 11.5 Å². The standard InChI is InChI=1S/C22H27ClN2O4/c23-19-3-1-2-17(10-19)12-24-6-8-25(9-7-24)13-20(26)15-27-14-18-4-5-21-22(11-18)29-16-28-21/h1-5,10-11,20,26H,6-9,12-16H2. The van der Waals surface area contributed by atoms with E-state index in [0.29, 0.717) is 19.8 Å². The van der Waals surface area contributed by atoms with E-state index in [1.165, 1.54) is 5.56 Å². The van der Waals surface area contributed by atoms with Crippen LogP contribution in [0.2, 0.25) is 5.02 Å². The number of aliphatic hydroxyl groups excluding tert-OH is 1. The first-order valence-corrected chi connectivity index (χ1v) is 10.4. The van der Waals surface area contributed by atoms with Crippen LogP contribution in [0.1, 0.15) is 11.1 Å². The molecule has 2 aliphatic heterocycles. The number of rotatable bonds is 8. The molecule has 156 valence electrons. The zero-order valence-corrected chi connectivity index (χ0v) is 17.2. The van der Waals surface area contributed by atoms with E-state index >= 15 is 0 Å². The first-order valence-electron chi connectivity index (χ1n) is 9.99. The summed E-state index contributed by atoms with van der Waals surface area (Å²) >= 11 is 6.07. The molecule has 7 heteroatoms. The molecule has 2 aliphatic rings. The van der Waals surface area contributed by atoms with Crippen molar-refractivity contribution in [2.75, 3.05) is 46.1 Å². The van der Waals surface area contributed by atoms with Crippen molar-refractivity contribution in [3.05, 3.63) is 58.6 Å². The number of β-amino-alcohol motifs (C(OH)–C–C–N with tert-alkyl or cyclic N) is 1. The molecular weight excluding hydrogens is 392 g/mol. The molecule has 2 heterocycles. The summed E-state index contributed by atoms with van der Waals surface area (Å²) < 4.78 is 16.4. The fourth-order valence-corrected chi connectivity index (χ4v) is 3.93. The van der Waals surface area contributed by atoms with E-state index in [-0.39, 0.29) is 6.79 Å².